The molecule has 2 aromatic rings. The minimum Gasteiger partial charge on any atom is -0.363 e. The first-order valence-corrected chi connectivity index (χ1v) is 8.78. The second-order valence-electron chi connectivity index (χ2n) is 6.65. The molecule has 1 amide bonds. The molecule has 0 spiro atoms. The standard InChI is InChI=1S/C18H23N5O/c24-17(23-12-3-7-16(23)15-6-1-8-19-15)14-5-2-11-22(13-14)18-20-9-4-10-21-18/h1,4,6,8-10,14,16,19H,2-3,5,7,11-13H2/t14-,16+/m0/s1. The number of hydrogen-bond acceptors (Lipinski definition) is 4. The van der Waals surface area contributed by atoms with Gasteiger partial charge in [-0.2, -0.15) is 0 Å². The van der Waals surface area contributed by atoms with E-state index in [1.54, 1.807) is 12.4 Å². The van der Waals surface area contributed by atoms with Gasteiger partial charge in [-0.3, -0.25) is 4.79 Å². The second-order valence-corrected chi connectivity index (χ2v) is 6.65. The summed E-state index contributed by atoms with van der Waals surface area (Å²) in [6.45, 7) is 2.51. The van der Waals surface area contributed by atoms with E-state index in [-0.39, 0.29) is 17.9 Å². The van der Waals surface area contributed by atoms with Gasteiger partial charge in [-0.15, -0.1) is 0 Å². The number of anilines is 1. The number of H-pyrrole nitrogens is 1. The van der Waals surface area contributed by atoms with E-state index < -0.39 is 0 Å². The molecule has 0 radical (unpaired) electrons. The minimum atomic E-state index is 0.0399. The molecule has 0 aliphatic carbocycles. The Morgan fingerprint density at radius 1 is 1.12 bits per heavy atom. The van der Waals surface area contributed by atoms with Crippen molar-refractivity contribution >= 4 is 11.9 Å². The lowest BCUT2D eigenvalue weighted by Gasteiger charge is -2.35. The maximum atomic E-state index is 13.1. The number of nitrogens with zero attached hydrogens (tertiary/aromatic N) is 4. The molecule has 6 heteroatoms. The van der Waals surface area contributed by atoms with Gasteiger partial charge in [-0.25, -0.2) is 9.97 Å². The molecular formula is C18H23N5O. The molecule has 4 rings (SSSR count). The highest BCUT2D eigenvalue weighted by Gasteiger charge is 2.36. The van der Waals surface area contributed by atoms with Crippen molar-refractivity contribution in [3.8, 4) is 0 Å². The van der Waals surface area contributed by atoms with Crippen LogP contribution in [-0.2, 0) is 4.79 Å². The van der Waals surface area contributed by atoms with E-state index in [4.69, 9.17) is 0 Å². The Kier molecular flexibility index (Phi) is 4.19. The number of aromatic nitrogens is 3. The number of nitrogens with one attached hydrogen (secondary N) is 1. The summed E-state index contributed by atoms with van der Waals surface area (Å²) in [7, 11) is 0. The Morgan fingerprint density at radius 2 is 1.96 bits per heavy atom. The summed E-state index contributed by atoms with van der Waals surface area (Å²) in [6, 6.07) is 6.12. The van der Waals surface area contributed by atoms with Gasteiger partial charge in [0.25, 0.3) is 0 Å². The topological polar surface area (TPSA) is 65.1 Å². The Labute approximate surface area is 141 Å². The molecule has 2 atom stereocenters. The number of aromatic amines is 1. The van der Waals surface area contributed by atoms with Crippen LogP contribution in [0.15, 0.2) is 36.8 Å². The van der Waals surface area contributed by atoms with Gasteiger partial charge in [0, 0.05) is 43.9 Å². The molecule has 2 aliphatic rings. The number of carbonyl (C=O) groups excluding carboxylic acids is 1. The van der Waals surface area contributed by atoms with Crippen LogP contribution < -0.4 is 4.90 Å². The molecule has 2 aliphatic heterocycles. The monoisotopic (exact) mass is 325 g/mol. The SMILES string of the molecule is O=C([C@H]1CCCN(c2ncccn2)C1)N1CCC[C@@H]1c1ccc[nH]1. The Morgan fingerprint density at radius 3 is 2.75 bits per heavy atom. The third-order valence-electron chi connectivity index (χ3n) is 5.12. The van der Waals surface area contributed by atoms with E-state index in [2.05, 4.69) is 30.8 Å². The van der Waals surface area contributed by atoms with Crippen molar-refractivity contribution in [2.24, 2.45) is 5.92 Å². The van der Waals surface area contributed by atoms with Gasteiger partial charge in [-0.1, -0.05) is 0 Å². The van der Waals surface area contributed by atoms with Crippen molar-refractivity contribution in [3.63, 3.8) is 0 Å². The van der Waals surface area contributed by atoms with Gasteiger partial charge in [0.2, 0.25) is 11.9 Å². The predicted octanol–water partition coefficient (Wildman–Crippen LogP) is 2.38. The van der Waals surface area contributed by atoms with Crippen molar-refractivity contribution in [1.29, 1.82) is 0 Å². The number of amides is 1. The van der Waals surface area contributed by atoms with E-state index in [0.29, 0.717) is 0 Å². The van der Waals surface area contributed by atoms with Gasteiger partial charge in [-0.05, 0) is 43.9 Å². The van der Waals surface area contributed by atoms with Crippen molar-refractivity contribution in [2.45, 2.75) is 31.7 Å². The molecule has 1 N–H and O–H groups in total. The zero-order valence-corrected chi connectivity index (χ0v) is 13.8. The van der Waals surface area contributed by atoms with Crippen molar-refractivity contribution < 1.29 is 4.79 Å². The predicted molar refractivity (Wildman–Crippen MR) is 91.4 cm³/mol. The van der Waals surface area contributed by atoms with Gasteiger partial charge in [0.15, 0.2) is 0 Å². The first-order chi connectivity index (χ1) is 11.8. The van der Waals surface area contributed by atoms with Crippen LogP contribution in [0.3, 0.4) is 0 Å². The fraction of sp³-hybridized carbons (Fsp3) is 0.500. The molecular weight excluding hydrogens is 302 g/mol. The van der Waals surface area contributed by atoms with Crippen LogP contribution in [0.1, 0.15) is 37.4 Å². The van der Waals surface area contributed by atoms with Crippen LogP contribution in [0.2, 0.25) is 0 Å². The summed E-state index contributed by atoms with van der Waals surface area (Å²) in [5.41, 5.74) is 1.15. The summed E-state index contributed by atoms with van der Waals surface area (Å²) < 4.78 is 0. The Hall–Kier alpha value is -2.37. The van der Waals surface area contributed by atoms with Gasteiger partial charge < -0.3 is 14.8 Å². The van der Waals surface area contributed by atoms with Gasteiger partial charge >= 0.3 is 0 Å². The Bertz CT molecular complexity index is 672. The lowest BCUT2D eigenvalue weighted by molar-refractivity contribution is -0.136. The third kappa shape index (κ3) is 2.88. The molecule has 0 saturated carbocycles. The molecule has 2 fully saturated rings. The number of rotatable bonds is 3. The molecule has 2 saturated heterocycles. The number of carbonyl (C=O) groups is 1. The first kappa shape index (κ1) is 15.2. The molecule has 0 aromatic carbocycles. The van der Waals surface area contributed by atoms with Crippen LogP contribution in [0, 0.1) is 5.92 Å². The fourth-order valence-corrected chi connectivity index (χ4v) is 3.95. The smallest absolute Gasteiger partial charge is 0.228 e. The summed E-state index contributed by atoms with van der Waals surface area (Å²) in [5.74, 6) is 1.06. The summed E-state index contributed by atoms with van der Waals surface area (Å²) >= 11 is 0. The second kappa shape index (κ2) is 6.63. The molecule has 6 nitrogen and oxygen atoms in total. The van der Waals surface area contributed by atoms with Gasteiger partial charge in [0.1, 0.15) is 0 Å². The molecule has 2 aromatic heterocycles. The van der Waals surface area contributed by atoms with Crippen LogP contribution >= 0.6 is 0 Å². The van der Waals surface area contributed by atoms with E-state index in [1.165, 1.54) is 0 Å². The molecule has 24 heavy (non-hydrogen) atoms. The number of piperidine rings is 1. The van der Waals surface area contributed by atoms with E-state index in [1.807, 2.05) is 18.3 Å². The highest BCUT2D eigenvalue weighted by Crippen LogP contribution is 2.33. The van der Waals surface area contributed by atoms with Crippen LogP contribution in [0.25, 0.3) is 0 Å². The number of likely N-dealkylation sites (tertiary alicyclic amines) is 1. The lowest BCUT2D eigenvalue weighted by atomic mass is 9.96. The summed E-state index contributed by atoms with van der Waals surface area (Å²) in [5, 5.41) is 0. The molecule has 4 heterocycles. The van der Waals surface area contributed by atoms with E-state index in [0.717, 1.165) is 57.0 Å². The highest BCUT2D eigenvalue weighted by atomic mass is 16.2. The van der Waals surface area contributed by atoms with Crippen LogP contribution in [-0.4, -0.2) is 45.4 Å². The average Bonchev–Trinajstić information content (AvgIpc) is 3.33. The summed E-state index contributed by atoms with van der Waals surface area (Å²) in [6.07, 6.45) is 9.54. The maximum Gasteiger partial charge on any atom is 0.228 e. The average molecular weight is 325 g/mol. The lowest BCUT2D eigenvalue weighted by Crippen LogP contribution is -2.45. The largest absolute Gasteiger partial charge is 0.363 e. The zero-order chi connectivity index (χ0) is 16.4. The maximum absolute atomic E-state index is 13.1. The fourth-order valence-electron chi connectivity index (χ4n) is 3.95. The third-order valence-corrected chi connectivity index (χ3v) is 5.12. The van der Waals surface area contributed by atoms with Crippen molar-refractivity contribution in [3.05, 3.63) is 42.5 Å². The van der Waals surface area contributed by atoms with Crippen LogP contribution in [0.5, 0.6) is 0 Å². The van der Waals surface area contributed by atoms with E-state index in [9.17, 15) is 4.79 Å². The van der Waals surface area contributed by atoms with E-state index >= 15 is 0 Å². The zero-order valence-electron chi connectivity index (χ0n) is 13.8. The molecule has 0 bridgehead atoms. The van der Waals surface area contributed by atoms with Gasteiger partial charge in [0.05, 0.1) is 12.0 Å². The normalized spacial score (nSPS) is 24.3. The van der Waals surface area contributed by atoms with Crippen molar-refractivity contribution in [1.82, 2.24) is 19.9 Å². The molecule has 126 valence electrons. The number of hydrogen-bond donors (Lipinski definition) is 1. The first-order valence-electron chi connectivity index (χ1n) is 8.78. The van der Waals surface area contributed by atoms with Crippen LogP contribution in [0.4, 0.5) is 5.95 Å². The summed E-state index contributed by atoms with van der Waals surface area (Å²) in [4.78, 5) is 29.3. The van der Waals surface area contributed by atoms with Crippen molar-refractivity contribution in [2.75, 3.05) is 24.5 Å². The Balaban J connectivity index is 1.47. The highest BCUT2D eigenvalue weighted by molar-refractivity contribution is 5.80. The minimum absolute atomic E-state index is 0.0399. The molecule has 0 unspecified atom stereocenters. The quantitative estimate of drug-likeness (QED) is 0.941.